The predicted octanol–water partition coefficient (Wildman–Crippen LogP) is 2.11. The van der Waals surface area contributed by atoms with Crippen LogP contribution in [0.1, 0.15) is 54.4 Å². The molecule has 0 aliphatic rings. The number of carboxylic acid groups (broad SMARTS) is 1. The highest BCUT2D eigenvalue weighted by Crippen LogP contribution is 2.13. The number of nitrogens with one attached hydrogen (secondary N) is 1. The van der Waals surface area contributed by atoms with Gasteiger partial charge in [-0.3, -0.25) is 9.69 Å². The minimum atomic E-state index is -0.974. The summed E-state index contributed by atoms with van der Waals surface area (Å²) < 4.78 is 0. The molecular formula is C15H30N2O3. The van der Waals surface area contributed by atoms with E-state index in [0.717, 1.165) is 19.5 Å². The number of rotatable bonds is 8. The zero-order chi connectivity index (χ0) is 15.9. The first-order chi connectivity index (χ1) is 9.09. The Bertz CT molecular complexity index is 322. The summed E-state index contributed by atoms with van der Waals surface area (Å²) in [4.78, 5) is 25.1. The molecule has 0 saturated heterocycles. The van der Waals surface area contributed by atoms with Crippen molar-refractivity contribution < 1.29 is 14.7 Å². The molecule has 0 saturated carbocycles. The number of carbonyl (C=O) groups excluding carboxylic acids is 1. The number of nitrogens with zero attached hydrogens (tertiary/aromatic N) is 1. The summed E-state index contributed by atoms with van der Waals surface area (Å²) in [5, 5.41) is 11.6. The van der Waals surface area contributed by atoms with Gasteiger partial charge in [0.15, 0.2) is 0 Å². The molecule has 1 atom stereocenters. The second-order valence-electron chi connectivity index (χ2n) is 6.48. The van der Waals surface area contributed by atoms with Crippen LogP contribution in [0.5, 0.6) is 0 Å². The van der Waals surface area contributed by atoms with E-state index in [1.54, 1.807) is 13.8 Å². The van der Waals surface area contributed by atoms with Crippen molar-refractivity contribution in [2.24, 2.45) is 5.92 Å². The lowest BCUT2D eigenvalue weighted by molar-refractivity contribution is -0.143. The van der Waals surface area contributed by atoms with Crippen molar-refractivity contribution in [2.75, 3.05) is 13.1 Å². The van der Waals surface area contributed by atoms with Gasteiger partial charge in [-0.05, 0) is 46.2 Å². The summed E-state index contributed by atoms with van der Waals surface area (Å²) in [6.45, 7) is 13.9. The van der Waals surface area contributed by atoms with Gasteiger partial charge in [-0.2, -0.15) is 0 Å². The monoisotopic (exact) mass is 286 g/mol. The smallest absolute Gasteiger partial charge is 0.326 e. The Balaban J connectivity index is 4.20. The third-order valence-corrected chi connectivity index (χ3v) is 3.41. The van der Waals surface area contributed by atoms with Gasteiger partial charge in [0.25, 0.3) is 0 Å². The lowest BCUT2D eigenvalue weighted by atomic mass is 10.0. The van der Waals surface area contributed by atoms with E-state index in [2.05, 4.69) is 37.9 Å². The Kier molecular flexibility index (Phi) is 7.79. The van der Waals surface area contributed by atoms with Crippen LogP contribution in [0.15, 0.2) is 0 Å². The van der Waals surface area contributed by atoms with Gasteiger partial charge in [0, 0.05) is 12.0 Å². The summed E-state index contributed by atoms with van der Waals surface area (Å²) in [6, 6.07) is -0.799. The maximum absolute atomic E-state index is 11.8. The lowest BCUT2D eigenvalue weighted by Crippen LogP contribution is -2.45. The summed E-state index contributed by atoms with van der Waals surface area (Å²) >= 11 is 0. The predicted molar refractivity (Wildman–Crippen MR) is 80.6 cm³/mol. The van der Waals surface area contributed by atoms with Crippen LogP contribution in [0, 0.1) is 5.92 Å². The van der Waals surface area contributed by atoms with E-state index in [9.17, 15) is 9.59 Å². The summed E-state index contributed by atoms with van der Waals surface area (Å²) in [7, 11) is 0. The zero-order valence-corrected chi connectivity index (χ0v) is 13.7. The highest BCUT2D eigenvalue weighted by Gasteiger charge is 2.23. The molecule has 0 aromatic carbocycles. The first-order valence-corrected chi connectivity index (χ1v) is 7.36. The normalized spacial score (nSPS) is 13.6. The topological polar surface area (TPSA) is 69.6 Å². The van der Waals surface area contributed by atoms with Crippen molar-refractivity contribution in [1.29, 1.82) is 0 Å². The Morgan fingerprint density at radius 3 is 2.15 bits per heavy atom. The van der Waals surface area contributed by atoms with Crippen LogP contribution in [0.3, 0.4) is 0 Å². The molecular weight excluding hydrogens is 256 g/mol. The van der Waals surface area contributed by atoms with Gasteiger partial charge < -0.3 is 10.4 Å². The highest BCUT2D eigenvalue weighted by atomic mass is 16.4. The van der Waals surface area contributed by atoms with E-state index in [0.29, 0.717) is 6.42 Å². The molecule has 5 heteroatoms. The molecule has 2 N–H and O–H groups in total. The fourth-order valence-corrected chi connectivity index (χ4v) is 2.16. The van der Waals surface area contributed by atoms with E-state index < -0.39 is 12.0 Å². The quantitative estimate of drug-likeness (QED) is 0.717. The SMILES string of the molecule is CCN(CCCC(=O)NC(C(=O)O)C(C)C)C(C)(C)C. The molecule has 0 aromatic rings. The van der Waals surface area contributed by atoms with E-state index in [1.165, 1.54) is 0 Å². The van der Waals surface area contributed by atoms with Crippen LogP contribution < -0.4 is 5.32 Å². The molecule has 0 aliphatic carbocycles. The van der Waals surface area contributed by atoms with Gasteiger partial charge >= 0.3 is 5.97 Å². The summed E-state index contributed by atoms with van der Waals surface area (Å²) in [5.74, 6) is -1.27. The van der Waals surface area contributed by atoms with Crippen LogP contribution in [0.2, 0.25) is 0 Å². The van der Waals surface area contributed by atoms with Crippen molar-refractivity contribution in [3.8, 4) is 0 Å². The van der Waals surface area contributed by atoms with Gasteiger partial charge in [0.05, 0.1) is 0 Å². The molecule has 118 valence electrons. The number of aliphatic carboxylic acids is 1. The molecule has 1 unspecified atom stereocenters. The first kappa shape index (κ1) is 18.9. The van der Waals surface area contributed by atoms with Gasteiger partial charge in [-0.15, -0.1) is 0 Å². The molecule has 0 fully saturated rings. The molecule has 0 rings (SSSR count). The number of carbonyl (C=O) groups is 2. The number of hydrogen-bond donors (Lipinski definition) is 2. The summed E-state index contributed by atoms with van der Waals surface area (Å²) in [5.41, 5.74) is 0.0900. The second-order valence-corrected chi connectivity index (χ2v) is 6.48. The molecule has 0 spiro atoms. The highest BCUT2D eigenvalue weighted by molar-refractivity contribution is 5.83. The second kappa shape index (κ2) is 8.25. The lowest BCUT2D eigenvalue weighted by Gasteiger charge is -2.34. The minimum Gasteiger partial charge on any atom is -0.480 e. The van der Waals surface area contributed by atoms with E-state index in [1.807, 2.05) is 0 Å². The van der Waals surface area contributed by atoms with Crippen LogP contribution in [0.4, 0.5) is 0 Å². The Labute approximate surface area is 122 Å². The average Bonchev–Trinajstić information content (AvgIpc) is 2.29. The first-order valence-electron chi connectivity index (χ1n) is 7.36. The van der Waals surface area contributed by atoms with Crippen LogP contribution in [-0.2, 0) is 9.59 Å². The Hall–Kier alpha value is -1.10. The maximum atomic E-state index is 11.8. The third-order valence-electron chi connectivity index (χ3n) is 3.41. The minimum absolute atomic E-state index is 0.0900. The molecule has 5 nitrogen and oxygen atoms in total. The van der Waals surface area contributed by atoms with Crippen molar-refractivity contribution in [3.63, 3.8) is 0 Å². The molecule has 0 aliphatic heterocycles. The van der Waals surface area contributed by atoms with E-state index in [-0.39, 0.29) is 17.4 Å². The van der Waals surface area contributed by atoms with Crippen LogP contribution in [0.25, 0.3) is 0 Å². The van der Waals surface area contributed by atoms with Crippen LogP contribution in [-0.4, -0.2) is 46.6 Å². The number of hydrogen-bond acceptors (Lipinski definition) is 3. The largest absolute Gasteiger partial charge is 0.480 e. The molecule has 20 heavy (non-hydrogen) atoms. The van der Waals surface area contributed by atoms with Gasteiger partial charge in [-0.1, -0.05) is 20.8 Å². The van der Waals surface area contributed by atoms with E-state index in [4.69, 9.17) is 5.11 Å². The average molecular weight is 286 g/mol. The van der Waals surface area contributed by atoms with Crippen molar-refractivity contribution in [2.45, 2.75) is 66.0 Å². The summed E-state index contributed by atoms with van der Waals surface area (Å²) in [6.07, 6.45) is 1.10. The van der Waals surface area contributed by atoms with Gasteiger partial charge in [0.2, 0.25) is 5.91 Å². The van der Waals surface area contributed by atoms with Gasteiger partial charge in [-0.25, -0.2) is 4.79 Å². The molecule has 1 amide bonds. The van der Waals surface area contributed by atoms with Gasteiger partial charge in [0.1, 0.15) is 6.04 Å². The molecule has 0 bridgehead atoms. The molecule has 0 heterocycles. The fourth-order valence-electron chi connectivity index (χ4n) is 2.16. The zero-order valence-electron chi connectivity index (χ0n) is 13.7. The van der Waals surface area contributed by atoms with Crippen molar-refractivity contribution in [1.82, 2.24) is 10.2 Å². The van der Waals surface area contributed by atoms with E-state index >= 15 is 0 Å². The Morgan fingerprint density at radius 1 is 1.25 bits per heavy atom. The maximum Gasteiger partial charge on any atom is 0.326 e. The number of amides is 1. The van der Waals surface area contributed by atoms with Crippen molar-refractivity contribution in [3.05, 3.63) is 0 Å². The standard InChI is InChI=1S/C15H30N2O3/c1-7-17(15(4,5)6)10-8-9-12(18)16-13(11(2)3)14(19)20/h11,13H,7-10H2,1-6H3,(H,16,18)(H,19,20). The van der Waals surface area contributed by atoms with Crippen molar-refractivity contribution >= 4 is 11.9 Å². The van der Waals surface area contributed by atoms with Crippen LogP contribution >= 0.6 is 0 Å². The Morgan fingerprint density at radius 2 is 1.80 bits per heavy atom. The number of carboxylic acids is 1. The molecule has 0 aromatic heterocycles. The molecule has 0 radical (unpaired) electrons. The third kappa shape index (κ3) is 6.89. The fraction of sp³-hybridized carbons (Fsp3) is 0.867.